The molecule has 124 valence electrons. The predicted molar refractivity (Wildman–Crippen MR) is 94.4 cm³/mol. The van der Waals surface area contributed by atoms with Crippen molar-refractivity contribution in [3.05, 3.63) is 42.6 Å². The first-order chi connectivity index (χ1) is 11.6. The smallest absolute Gasteiger partial charge is 0.157 e. The molecule has 1 saturated heterocycles. The molecule has 6 nitrogen and oxygen atoms in total. The maximum absolute atomic E-state index is 9.50. The van der Waals surface area contributed by atoms with Gasteiger partial charge in [0, 0.05) is 36.8 Å². The monoisotopic (exact) mass is 323 g/mol. The summed E-state index contributed by atoms with van der Waals surface area (Å²) in [5, 5.41) is 13.9. The maximum atomic E-state index is 9.50. The zero-order valence-electron chi connectivity index (χ0n) is 13.9. The standard InChI is InChI=1S/C18H21N5O/c1-21(2)14-8-10-22(12-14)18-11-16(13-3-5-15(24)6-4-13)20-17-7-9-19-23(17)18/h3-7,9,11,14,24H,8,10,12H2,1-2H3. The highest BCUT2D eigenvalue weighted by molar-refractivity contribution is 5.67. The Morgan fingerprint density at radius 2 is 1.96 bits per heavy atom. The van der Waals surface area contributed by atoms with Gasteiger partial charge in [0.2, 0.25) is 0 Å². The molecular formula is C18H21N5O. The normalized spacial score (nSPS) is 18.0. The molecule has 6 heteroatoms. The Balaban J connectivity index is 1.77. The van der Waals surface area contributed by atoms with Crippen LogP contribution < -0.4 is 4.90 Å². The molecular weight excluding hydrogens is 302 g/mol. The lowest BCUT2D eigenvalue weighted by Crippen LogP contribution is -2.32. The van der Waals surface area contributed by atoms with Crippen molar-refractivity contribution in [2.45, 2.75) is 12.5 Å². The summed E-state index contributed by atoms with van der Waals surface area (Å²) in [5.41, 5.74) is 2.72. The Morgan fingerprint density at radius 1 is 1.17 bits per heavy atom. The van der Waals surface area contributed by atoms with Crippen LogP contribution in [0, 0.1) is 0 Å². The van der Waals surface area contributed by atoms with Crippen molar-refractivity contribution in [1.29, 1.82) is 0 Å². The van der Waals surface area contributed by atoms with Crippen molar-refractivity contribution in [1.82, 2.24) is 19.5 Å². The third-order valence-electron chi connectivity index (χ3n) is 4.72. The van der Waals surface area contributed by atoms with Gasteiger partial charge in [-0.2, -0.15) is 9.61 Å². The highest BCUT2D eigenvalue weighted by Gasteiger charge is 2.26. The number of anilines is 1. The maximum Gasteiger partial charge on any atom is 0.157 e. The number of fused-ring (bicyclic) bond motifs is 1. The van der Waals surface area contributed by atoms with Crippen LogP contribution in [0.1, 0.15) is 6.42 Å². The van der Waals surface area contributed by atoms with E-state index in [0.717, 1.165) is 42.2 Å². The SMILES string of the molecule is CN(C)C1CCN(c2cc(-c3ccc(O)cc3)nc3ccnn23)C1. The fourth-order valence-corrected chi connectivity index (χ4v) is 3.27. The van der Waals surface area contributed by atoms with Gasteiger partial charge >= 0.3 is 0 Å². The first-order valence-electron chi connectivity index (χ1n) is 8.17. The molecule has 1 aliphatic rings. The van der Waals surface area contributed by atoms with Crippen LogP contribution in [0.3, 0.4) is 0 Å². The number of phenolic OH excluding ortho intramolecular Hbond substituents is 1. The molecule has 0 radical (unpaired) electrons. The van der Waals surface area contributed by atoms with Gasteiger partial charge in [-0.15, -0.1) is 0 Å². The highest BCUT2D eigenvalue weighted by Crippen LogP contribution is 2.28. The van der Waals surface area contributed by atoms with E-state index in [1.54, 1.807) is 18.3 Å². The summed E-state index contributed by atoms with van der Waals surface area (Å²) in [5.74, 6) is 1.33. The van der Waals surface area contributed by atoms with Gasteiger partial charge < -0.3 is 14.9 Å². The Bertz CT molecular complexity index is 855. The van der Waals surface area contributed by atoms with Crippen molar-refractivity contribution < 1.29 is 5.11 Å². The molecule has 1 unspecified atom stereocenters. The quantitative estimate of drug-likeness (QED) is 0.801. The molecule has 1 aliphatic heterocycles. The van der Waals surface area contributed by atoms with E-state index in [-0.39, 0.29) is 5.75 Å². The van der Waals surface area contributed by atoms with E-state index >= 15 is 0 Å². The van der Waals surface area contributed by atoms with Crippen LogP contribution in [0.25, 0.3) is 16.9 Å². The number of aromatic nitrogens is 3. The van der Waals surface area contributed by atoms with Crippen molar-refractivity contribution in [2.75, 3.05) is 32.1 Å². The highest BCUT2D eigenvalue weighted by atomic mass is 16.3. The zero-order chi connectivity index (χ0) is 16.7. The molecule has 0 spiro atoms. The van der Waals surface area contributed by atoms with Gasteiger partial charge in [-0.05, 0) is 44.8 Å². The average Bonchev–Trinajstić information content (AvgIpc) is 3.24. The molecule has 3 aromatic rings. The van der Waals surface area contributed by atoms with Crippen LogP contribution in [0.15, 0.2) is 42.6 Å². The van der Waals surface area contributed by atoms with Crippen molar-refractivity contribution in [2.24, 2.45) is 0 Å². The number of hydrogen-bond donors (Lipinski definition) is 1. The minimum atomic E-state index is 0.262. The lowest BCUT2D eigenvalue weighted by Gasteiger charge is -2.22. The molecule has 0 bridgehead atoms. The molecule has 2 aromatic heterocycles. The van der Waals surface area contributed by atoms with Crippen LogP contribution >= 0.6 is 0 Å². The molecule has 0 aliphatic carbocycles. The lowest BCUT2D eigenvalue weighted by atomic mass is 10.1. The Kier molecular flexibility index (Phi) is 3.61. The Hall–Kier alpha value is -2.60. The zero-order valence-corrected chi connectivity index (χ0v) is 13.9. The van der Waals surface area contributed by atoms with Crippen LogP contribution in [-0.4, -0.2) is 57.8 Å². The molecule has 0 saturated carbocycles. The largest absolute Gasteiger partial charge is 0.508 e. The van der Waals surface area contributed by atoms with Crippen LogP contribution in [0.2, 0.25) is 0 Å². The van der Waals surface area contributed by atoms with Crippen LogP contribution in [0.5, 0.6) is 5.75 Å². The van der Waals surface area contributed by atoms with Gasteiger partial charge in [0.1, 0.15) is 11.6 Å². The topological polar surface area (TPSA) is 56.9 Å². The molecule has 4 rings (SSSR count). The first-order valence-corrected chi connectivity index (χ1v) is 8.17. The minimum Gasteiger partial charge on any atom is -0.508 e. The van der Waals surface area contributed by atoms with Crippen molar-refractivity contribution in [3.8, 4) is 17.0 Å². The fourth-order valence-electron chi connectivity index (χ4n) is 3.27. The summed E-state index contributed by atoms with van der Waals surface area (Å²) < 4.78 is 1.90. The van der Waals surface area contributed by atoms with Gasteiger partial charge in [-0.25, -0.2) is 4.98 Å². The van der Waals surface area contributed by atoms with E-state index in [0.29, 0.717) is 6.04 Å². The van der Waals surface area contributed by atoms with E-state index in [2.05, 4.69) is 35.1 Å². The molecule has 1 fully saturated rings. The Labute approximate surface area is 141 Å². The van der Waals surface area contributed by atoms with Crippen LogP contribution in [0.4, 0.5) is 5.82 Å². The number of benzene rings is 1. The predicted octanol–water partition coefficient (Wildman–Crippen LogP) is 2.24. The number of rotatable bonds is 3. The summed E-state index contributed by atoms with van der Waals surface area (Å²) >= 11 is 0. The van der Waals surface area contributed by atoms with E-state index in [4.69, 9.17) is 4.98 Å². The van der Waals surface area contributed by atoms with E-state index in [1.165, 1.54) is 0 Å². The van der Waals surface area contributed by atoms with E-state index < -0.39 is 0 Å². The van der Waals surface area contributed by atoms with E-state index in [1.807, 2.05) is 22.7 Å². The second-order valence-electron chi connectivity index (χ2n) is 6.50. The summed E-state index contributed by atoms with van der Waals surface area (Å²) in [4.78, 5) is 9.35. The molecule has 0 amide bonds. The number of hydrogen-bond acceptors (Lipinski definition) is 5. The average molecular weight is 323 g/mol. The van der Waals surface area contributed by atoms with Gasteiger partial charge in [-0.3, -0.25) is 0 Å². The minimum absolute atomic E-state index is 0.262. The molecule has 1 N–H and O–H groups in total. The lowest BCUT2D eigenvalue weighted by molar-refractivity contribution is 0.315. The van der Waals surface area contributed by atoms with Gasteiger partial charge in [0.15, 0.2) is 5.65 Å². The second kappa shape index (κ2) is 5.79. The Morgan fingerprint density at radius 3 is 2.67 bits per heavy atom. The number of nitrogens with zero attached hydrogens (tertiary/aromatic N) is 5. The number of phenols is 1. The van der Waals surface area contributed by atoms with Crippen molar-refractivity contribution in [3.63, 3.8) is 0 Å². The second-order valence-corrected chi connectivity index (χ2v) is 6.50. The molecule has 24 heavy (non-hydrogen) atoms. The van der Waals surface area contributed by atoms with Gasteiger partial charge in [-0.1, -0.05) is 0 Å². The molecule has 1 aromatic carbocycles. The fraction of sp³-hybridized carbons (Fsp3) is 0.333. The summed E-state index contributed by atoms with van der Waals surface area (Å²) in [7, 11) is 4.26. The van der Waals surface area contributed by atoms with Crippen LogP contribution in [-0.2, 0) is 0 Å². The third kappa shape index (κ3) is 2.59. The van der Waals surface area contributed by atoms with Gasteiger partial charge in [0.05, 0.1) is 11.9 Å². The molecule has 3 heterocycles. The van der Waals surface area contributed by atoms with Crippen molar-refractivity contribution >= 4 is 11.5 Å². The summed E-state index contributed by atoms with van der Waals surface area (Å²) in [6, 6.07) is 11.7. The summed E-state index contributed by atoms with van der Waals surface area (Å²) in [6.45, 7) is 2.00. The number of likely N-dealkylation sites (N-methyl/N-ethyl adjacent to an activating group) is 1. The first kappa shape index (κ1) is 15.0. The molecule has 1 atom stereocenters. The summed E-state index contributed by atoms with van der Waals surface area (Å²) in [6.07, 6.45) is 2.93. The van der Waals surface area contributed by atoms with Gasteiger partial charge in [0.25, 0.3) is 0 Å². The third-order valence-corrected chi connectivity index (χ3v) is 4.72. The van der Waals surface area contributed by atoms with E-state index in [9.17, 15) is 5.11 Å². The number of aromatic hydroxyl groups is 1.